The average molecular weight is 623 g/mol. The Hall–Kier alpha value is -3.51. The second-order valence-electron chi connectivity index (χ2n) is 10.7. The molecule has 3 aliphatic heterocycles. The van der Waals surface area contributed by atoms with Crippen LogP contribution in [0.5, 0.6) is 23.0 Å². The van der Waals surface area contributed by atoms with Crippen molar-refractivity contribution in [2.75, 3.05) is 13.2 Å². The highest BCUT2D eigenvalue weighted by atomic mass is 16.8. The van der Waals surface area contributed by atoms with Crippen LogP contribution in [-0.4, -0.2) is 121 Å². The third-order valence-electron chi connectivity index (χ3n) is 7.62. The SMILES string of the molecule is C[C@H]1O[C@@H](O[C@@H]2[C@H](O)[C@@H](COC(=O)C=Cc3ccc(O)c(O)c3)O[C@@H]3OC[C@H](c4ccc(O)c(O)c4)O[C@@H]32)[C@H](O)[C@H](O)[C@H]1O. The van der Waals surface area contributed by atoms with Crippen molar-refractivity contribution in [1.82, 2.24) is 0 Å². The monoisotopic (exact) mass is 622 g/mol. The van der Waals surface area contributed by atoms with Gasteiger partial charge in [0.05, 0.1) is 12.7 Å². The molecule has 5 rings (SSSR count). The smallest absolute Gasteiger partial charge is 0.330 e. The number of aliphatic hydroxyl groups is 4. The Bertz CT molecular complexity index is 1350. The zero-order chi connectivity index (χ0) is 31.7. The quantitative estimate of drug-likeness (QED) is 0.111. The number of carbonyl (C=O) groups is 1. The lowest BCUT2D eigenvalue weighted by Crippen LogP contribution is -2.66. The topological polar surface area (TPSA) is 234 Å². The van der Waals surface area contributed by atoms with Crippen LogP contribution in [0.15, 0.2) is 42.5 Å². The number of aliphatic hydroxyl groups excluding tert-OH is 4. The zero-order valence-corrected chi connectivity index (χ0v) is 23.3. The fraction of sp³-hybridized carbons (Fsp3) is 0.483. The van der Waals surface area contributed by atoms with E-state index in [1.54, 1.807) is 0 Å². The summed E-state index contributed by atoms with van der Waals surface area (Å²) < 4.78 is 34.6. The predicted molar refractivity (Wildman–Crippen MR) is 145 cm³/mol. The first-order valence-electron chi connectivity index (χ1n) is 13.8. The average Bonchev–Trinajstić information content (AvgIpc) is 3.00. The van der Waals surface area contributed by atoms with Gasteiger partial charge in [0.25, 0.3) is 0 Å². The van der Waals surface area contributed by atoms with Gasteiger partial charge >= 0.3 is 5.97 Å². The molecule has 3 heterocycles. The number of benzene rings is 2. The molecule has 2 aromatic rings. The second-order valence-corrected chi connectivity index (χ2v) is 10.7. The van der Waals surface area contributed by atoms with E-state index < -0.39 is 80.1 Å². The molecule has 0 saturated carbocycles. The van der Waals surface area contributed by atoms with Crippen LogP contribution >= 0.6 is 0 Å². The summed E-state index contributed by atoms with van der Waals surface area (Å²) in [5, 5.41) is 80.9. The van der Waals surface area contributed by atoms with Crippen LogP contribution < -0.4 is 0 Å². The van der Waals surface area contributed by atoms with Gasteiger partial charge in [-0.2, -0.15) is 0 Å². The maximum absolute atomic E-state index is 12.4. The molecule has 11 atom stereocenters. The van der Waals surface area contributed by atoms with Gasteiger partial charge < -0.3 is 69.3 Å². The number of rotatable bonds is 7. The number of hydrogen-bond acceptors (Lipinski definition) is 15. The molecule has 3 aliphatic rings. The van der Waals surface area contributed by atoms with Crippen LogP contribution in [0.2, 0.25) is 0 Å². The van der Waals surface area contributed by atoms with Gasteiger partial charge in [-0.3, -0.25) is 0 Å². The van der Waals surface area contributed by atoms with Crippen LogP contribution in [0.1, 0.15) is 24.2 Å². The summed E-state index contributed by atoms with van der Waals surface area (Å²) in [6.45, 7) is 0.911. The van der Waals surface area contributed by atoms with Crippen molar-refractivity contribution in [3.05, 3.63) is 53.6 Å². The maximum Gasteiger partial charge on any atom is 0.330 e. The van der Waals surface area contributed by atoms with E-state index in [0.717, 1.165) is 6.08 Å². The van der Waals surface area contributed by atoms with Gasteiger partial charge in [0, 0.05) is 6.08 Å². The van der Waals surface area contributed by atoms with E-state index >= 15 is 0 Å². The summed E-state index contributed by atoms with van der Waals surface area (Å²) >= 11 is 0. The lowest BCUT2D eigenvalue weighted by Gasteiger charge is -2.49. The van der Waals surface area contributed by atoms with Crippen molar-refractivity contribution in [3.63, 3.8) is 0 Å². The molecule has 0 spiro atoms. The van der Waals surface area contributed by atoms with E-state index in [1.165, 1.54) is 49.4 Å². The second kappa shape index (κ2) is 13.2. The van der Waals surface area contributed by atoms with Crippen LogP contribution in [-0.2, 0) is 33.2 Å². The highest BCUT2D eigenvalue weighted by Crippen LogP contribution is 2.38. The minimum atomic E-state index is -1.70. The first kappa shape index (κ1) is 31.9. The Morgan fingerprint density at radius 3 is 2.27 bits per heavy atom. The normalized spacial score (nSPS) is 35.7. The summed E-state index contributed by atoms with van der Waals surface area (Å²) in [7, 11) is 0. The Kier molecular flexibility index (Phi) is 9.59. The number of fused-ring (bicyclic) bond motifs is 1. The highest BCUT2D eigenvalue weighted by Gasteiger charge is 2.53. The lowest BCUT2D eigenvalue weighted by molar-refractivity contribution is -0.384. The molecule has 0 amide bonds. The molecule has 0 radical (unpaired) electrons. The number of carbonyl (C=O) groups excluding carboxylic acids is 1. The molecule has 0 bridgehead atoms. The third-order valence-corrected chi connectivity index (χ3v) is 7.62. The summed E-state index contributed by atoms with van der Waals surface area (Å²) in [6, 6.07) is 7.99. The molecular formula is C29H34O15. The first-order valence-corrected chi connectivity index (χ1v) is 13.8. The van der Waals surface area contributed by atoms with Crippen LogP contribution in [0.3, 0.4) is 0 Å². The largest absolute Gasteiger partial charge is 0.504 e. The summed E-state index contributed by atoms with van der Waals surface area (Å²) in [5.74, 6) is -2.25. The Labute approximate surface area is 250 Å². The molecule has 2 aromatic carbocycles. The summed E-state index contributed by atoms with van der Waals surface area (Å²) in [4.78, 5) is 12.4. The molecule has 3 fully saturated rings. The van der Waals surface area contributed by atoms with Crippen molar-refractivity contribution in [2.24, 2.45) is 0 Å². The van der Waals surface area contributed by atoms with E-state index in [2.05, 4.69) is 0 Å². The fourth-order valence-corrected chi connectivity index (χ4v) is 5.09. The van der Waals surface area contributed by atoms with E-state index in [9.17, 15) is 45.6 Å². The van der Waals surface area contributed by atoms with Crippen molar-refractivity contribution in [3.8, 4) is 23.0 Å². The zero-order valence-electron chi connectivity index (χ0n) is 23.3. The minimum Gasteiger partial charge on any atom is -0.504 e. The number of phenols is 4. The number of hydrogen-bond donors (Lipinski definition) is 8. The van der Waals surface area contributed by atoms with Crippen molar-refractivity contribution < 1.29 is 74.1 Å². The number of phenolic OH excluding ortho intramolecular Hbond substituents is 4. The Morgan fingerprint density at radius 1 is 0.864 bits per heavy atom. The maximum atomic E-state index is 12.4. The minimum absolute atomic E-state index is 0.0760. The van der Waals surface area contributed by atoms with Gasteiger partial charge in [-0.05, 0) is 48.4 Å². The molecule has 15 heteroatoms. The van der Waals surface area contributed by atoms with Gasteiger partial charge in [0.1, 0.15) is 55.4 Å². The third kappa shape index (κ3) is 6.76. The standard InChI is InChI=1S/C29H34O15/c1-12-22(35)24(37)25(38)28(41-12)44-26-23(36)20(11-39-21(34)7-3-13-2-5-15(30)17(32)8-13)43-29-27(26)42-19(10-40-29)14-4-6-16(31)18(33)9-14/h2-9,12,19-20,22-33,35-38H,10-11H2,1H3/t12-,19-,20-,22+,23-,24-,25-,26-,27-,28+,29+/m1/s1. The van der Waals surface area contributed by atoms with E-state index in [4.69, 9.17) is 28.4 Å². The van der Waals surface area contributed by atoms with Gasteiger partial charge in [-0.1, -0.05) is 12.1 Å². The lowest BCUT2D eigenvalue weighted by atomic mass is 9.96. The molecule has 3 saturated heterocycles. The Morgan fingerprint density at radius 2 is 1.57 bits per heavy atom. The molecule has 0 unspecified atom stereocenters. The first-order chi connectivity index (χ1) is 20.9. The van der Waals surface area contributed by atoms with Gasteiger partial charge in [0.2, 0.25) is 0 Å². The fourth-order valence-electron chi connectivity index (χ4n) is 5.09. The Balaban J connectivity index is 1.31. The number of esters is 1. The molecule has 0 aliphatic carbocycles. The molecule has 15 nitrogen and oxygen atoms in total. The highest BCUT2D eigenvalue weighted by molar-refractivity contribution is 5.87. The van der Waals surface area contributed by atoms with Crippen molar-refractivity contribution >= 4 is 12.0 Å². The molecule has 44 heavy (non-hydrogen) atoms. The molecule has 0 aromatic heterocycles. The molecule has 8 N–H and O–H groups in total. The predicted octanol–water partition coefficient (Wildman–Crippen LogP) is -0.479. The molecule has 240 valence electrons. The van der Waals surface area contributed by atoms with Gasteiger partial charge in [-0.25, -0.2) is 4.79 Å². The molecular weight excluding hydrogens is 588 g/mol. The van der Waals surface area contributed by atoms with E-state index in [-0.39, 0.29) is 29.6 Å². The van der Waals surface area contributed by atoms with Crippen LogP contribution in [0.25, 0.3) is 6.08 Å². The van der Waals surface area contributed by atoms with Crippen LogP contribution in [0, 0.1) is 0 Å². The van der Waals surface area contributed by atoms with Gasteiger partial charge in [0.15, 0.2) is 35.6 Å². The van der Waals surface area contributed by atoms with Gasteiger partial charge in [-0.15, -0.1) is 0 Å². The van der Waals surface area contributed by atoms with Crippen molar-refractivity contribution in [2.45, 2.75) is 74.4 Å². The number of aromatic hydroxyl groups is 4. The van der Waals surface area contributed by atoms with Crippen molar-refractivity contribution in [1.29, 1.82) is 0 Å². The van der Waals surface area contributed by atoms with E-state index in [0.29, 0.717) is 11.1 Å². The van der Waals surface area contributed by atoms with E-state index in [1.807, 2.05) is 0 Å². The summed E-state index contributed by atoms with van der Waals surface area (Å²) in [5.41, 5.74) is 0.831. The number of ether oxygens (including phenoxy) is 6. The summed E-state index contributed by atoms with van der Waals surface area (Å²) in [6.07, 6.45) is -12.1. The van der Waals surface area contributed by atoms with Crippen LogP contribution in [0.4, 0.5) is 0 Å².